The van der Waals surface area contributed by atoms with E-state index in [1.165, 1.54) is 57.4 Å². The molecule has 0 radical (unpaired) electrons. The summed E-state index contributed by atoms with van der Waals surface area (Å²) < 4.78 is 0. The zero-order chi connectivity index (χ0) is 10.0. The number of likely N-dealkylation sites (tertiary alicyclic amines) is 1. The third kappa shape index (κ3) is 2.37. The summed E-state index contributed by atoms with van der Waals surface area (Å²) in [5, 5.41) is 3.63. The van der Waals surface area contributed by atoms with E-state index in [0.717, 1.165) is 0 Å². The first kappa shape index (κ1) is 10.2. The maximum absolute atomic E-state index is 4.06. The van der Waals surface area contributed by atoms with Crippen molar-refractivity contribution in [2.45, 2.75) is 38.1 Å². The van der Waals surface area contributed by atoms with E-state index < -0.39 is 0 Å². The van der Waals surface area contributed by atoms with Gasteiger partial charge in [-0.15, -0.1) is 0 Å². The normalized spacial score (nSPS) is 35.1. The summed E-state index contributed by atoms with van der Waals surface area (Å²) in [5.41, 5.74) is 1.82. The number of hydrogen-bond donors (Lipinski definition) is 1. The van der Waals surface area contributed by atoms with Crippen molar-refractivity contribution >= 4 is 0 Å². The third-order valence-corrected chi connectivity index (χ3v) is 3.59. The number of piperidine rings is 1. The van der Waals surface area contributed by atoms with Crippen LogP contribution in [0.5, 0.6) is 0 Å². The summed E-state index contributed by atoms with van der Waals surface area (Å²) in [4.78, 5) is 2.59. The van der Waals surface area contributed by atoms with Gasteiger partial charge in [-0.05, 0) is 39.2 Å². The van der Waals surface area contributed by atoms with Gasteiger partial charge in [0.05, 0.1) is 0 Å². The molecule has 0 saturated carbocycles. The molecule has 1 N–H and O–H groups in total. The average molecular weight is 194 g/mol. The summed E-state index contributed by atoms with van der Waals surface area (Å²) in [7, 11) is 0. The van der Waals surface area contributed by atoms with Gasteiger partial charge in [0.1, 0.15) is 0 Å². The summed E-state index contributed by atoms with van der Waals surface area (Å²) in [5.74, 6) is 0. The van der Waals surface area contributed by atoms with Crippen LogP contribution >= 0.6 is 0 Å². The topological polar surface area (TPSA) is 15.3 Å². The SMILES string of the molecule is C=C1CCN(CC2(C)CCCN2)CC1. The lowest BCUT2D eigenvalue weighted by molar-refractivity contribution is 0.192. The highest BCUT2D eigenvalue weighted by Gasteiger charge is 2.30. The van der Waals surface area contributed by atoms with Crippen LogP contribution in [0.15, 0.2) is 12.2 Å². The summed E-state index contributed by atoms with van der Waals surface area (Å²) >= 11 is 0. The number of nitrogens with one attached hydrogen (secondary N) is 1. The van der Waals surface area contributed by atoms with Crippen molar-refractivity contribution in [1.82, 2.24) is 10.2 Å². The maximum Gasteiger partial charge on any atom is 0.0280 e. The highest BCUT2D eigenvalue weighted by atomic mass is 15.2. The van der Waals surface area contributed by atoms with Crippen LogP contribution in [0, 0.1) is 0 Å². The molecule has 80 valence electrons. The molecule has 1 atom stereocenters. The number of hydrogen-bond acceptors (Lipinski definition) is 2. The Bertz CT molecular complexity index is 206. The van der Waals surface area contributed by atoms with Crippen molar-refractivity contribution in [2.75, 3.05) is 26.2 Å². The van der Waals surface area contributed by atoms with Crippen molar-refractivity contribution in [3.8, 4) is 0 Å². The lowest BCUT2D eigenvalue weighted by Gasteiger charge is -2.35. The molecule has 2 fully saturated rings. The molecule has 0 spiro atoms. The molecule has 1 unspecified atom stereocenters. The van der Waals surface area contributed by atoms with Gasteiger partial charge in [-0.25, -0.2) is 0 Å². The van der Waals surface area contributed by atoms with E-state index in [4.69, 9.17) is 0 Å². The third-order valence-electron chi connectivity index (χ3n) is 3.59. The maximum atomic E-state index is 4.06. The Labute approximate surface area is 87.4 Å². The van der Waals surface area contributed by atoms with Crippen molar-refractivity contribution in [3.05, 3.63) is 12.2 Å². The van der Waals surface area contributed by atoms with E-state index in [1.54, 1.807) is 0 Å². The molecule has 2 aliphatic heterocycles. The molecule has 0 amide bonds. The quantitative estimate of drug-likeness (QED) is 0.674. The van der Waals surface area contributed by atoms with Gasteiger partial charge in [-0.3, -0.25) is 0 Å². The van der Waals surface area contributed by atoms with Crippen LogP contribution < -0.4 is 5.32 Å². The monoisotopic (exact) mass is 194 g/mol. The van der Waals surface area contributed by atoms with Gasteiger partial charge in [0.15, 0.2) is 0 Å². The van der Waals surface area contributed by atoms with E-state index in [9.17, 15) is 0 Å². The van der Waals surface area contributed by atoms with Gasteiger partial charge in [0, 0.05) is 25.2 Å². The Morgan fingerprint density at radius 1 is 1.43 bits per heavy atom. The minimum absolute atomic E-state index is 0.388. The first-order chi connectivity index (χ1) is 6.68. The molecule has 0 aromatic carbocycles. The van der Waals surface area contributed by atoms with E-state index in [1.807, 2.05) is 0 Å². The van der Waals surface area contributed by atoms with Crippen LogP contribution in [0.25, 0.3) is 0 Å². The largest absolute Gasteiger partial charge is 0.310 e. The van der Waals surface area contributed by atoms with Crippen LogP contribution in [0.4, 0.5) is 0 Å². The minimum atomic E-state index is 0.388. The molecule has 2 saturated heterocycles. The fourth-order valence-corrected chi connectivity index (χ4v) is 2.61. The van der Waals surface area contributed by atoms with Crippen LogP contribution in [-0.4, -0.2) is 36.6 Å². The molecular weight excluding hydrogens is 172 g/mol. The lowest BCUT2D eigenvalue weighted by Crippen LogP contribution is -2.48. The lowest BCUT2D eigenvalue weighted by atomic mass is 9.97. The molecule has 0 aromatic heterocycles. The predicted molar refractivity (Wildman–Crippen MR) is 60.5 cm³/mol. The van der Waals surface area contributed by atoms with Crippen LogP contribution in [0.3, 0.4) is 0 Å². The molecule has 0 aliphatic carbocycles. The zero-order valence-electron chi connectivity index (χ0n) is 9.31. The first-order valence-corrected chi connectivity index (χ1v) is 5.82. The van der Waals surface area contributed by atoms with Crippen molar-refractivity contribution in [2.24, 2.45) is 0 Å². The molecule has 0 aromatic rings. The van der Waals surface area contributed by atoms with E-state index in [2.05, 4.69) is 23.7 Å². The Hall–Kier alpha value is -0.340. The van der Waals surface area contributed by atoms with Gasteiger partial charge < -0.3 is 10.2 Å². The minimum Gasteiger partial charge on any atom is -0.310 e. The van der Waals surface area contributed by atoms with Gasteiger partial charge in [0.25, 0.3) is 0 Å². The van der Waals surface area contributed by atoms with Crippen molar-refractivity contribution in [1.29, 1.82) is 0 Å². The molecule has 2 heterocycles. The first-order valence-electron chi connectivity index (χ1n) is 5.82. The second kappa shape index (κ2) is 4.03. The molecular formula is C12H22N2. The Balaban J connectivity index is 1.82. The zero-order valence-corrected chi connectivity index (χ0v) is 9.31. The summed E-state index contributed by atoms with van der Waals surface area (Å²) in [6.07, 6.45) is 5.09. The Morgan fingerprint density at radius 2 is 2.14 bits per heavy atom. The van der Waals surface area contributed by atoms with Gasteiger partial charge in [-0.1, -0.05) is 12.2 Å². The summed E-state index contributed by atoms with van der Waals surface area (Å²) in [6.45, 7) is 11.3. The molecule has 14 heavy (non-hydrogen) atoms. The van der Waals surface area contributed by atoms with Crippen molar-refractivity contribution in [3.63, 3.8) is 0 Å². The van der Waals surface area contributed by atoms with Crippen LogP contribution in [-0.2, 0) is 0 Å². The highest BCUT2D eigenvalue weighted by Crippen LogP contribution is 2.22. The Morgan fingerprint density at radius 3 is 2.71 bits per heavy atom. The van der Waals surface area contributed by atoms with Gasteiger partial charge in [-0.2, -0.15) is 0 Å². The summed E-state index contributed by atoms with van der Waals surface area (Å²) in [6, 6.07) is 0. The predicted octanol–water partition coefficient (Wildman–Crippen LogP) is 1.78. The number of nitrogens with zero attached hydrogens (tertiary/aromatic N) is 1. The molecule has 2 nitrogen and oxygen atoms in total. The van der Waals surface area contributed by atoms with E-state index in [-0.39, 0.29) is 0 Å². The Kier molecular flexibility index (Phi) is 2.93. The van der Waals surface area contributed by atoms with Crippen molar-refractivity contribution < 1.29 is 0 Å². The fraction of sp³-hybridized carbons (Fsp3) is 0.833. The number of rotatable bonds is 2. The fourth-order valence-electron chi connectivity index (χ4n) is 2.61. The van der Waals surface area contributed by atoms with E-state index >= 15 is 0 Å². The molecule has 2 heteroatoms. The van der Waals surface area contributed by atoms with E-state index in [0.29, 0.717) is 5.54 Å². The van der Waals surface area contributed by atoms with Crippen LogP contribution in [0.1, 0.15) is 32.6 Å². The second-order valence-corrected chi connectivity index (χ2v) is 5.12. The molecule has 0 bridgehead atoms. The molecule has 2 aliphatic rings. The average Bonchev–Trinajstić information content (AvgIpc) is 2.57. The van der Waals surface area contributed by atoms with Crippen LogP contribution in [0.2, 0.25) is 0 Å². The highest BCUT2D eigenvalue weighted by molar-refractivity contribution is 5.01. The van der Waals surface area contributed by atoms with Gasteiger partial charge in [0.2, 0.25) is 0 Å². The molecule has 2 rings (SSSR count). The standard InChI is InChI=1S/C12H22N2/c1-11-4-8-14(9-5-11)10-12(2)6-3-7-13-12/h13H,1,3-10H2,2H3. The van der Waals surface area contributed by atoms with Gasteiger partial charge >= 0.3 is 0 Å². The second-order valence-electron chi connectivity index (χ2n) is 5.12. The smallest absolute Gasteiger partial charge is 0.0280 e.